The zero-order valence-corrected chi connectivity index (χ0v) is 72.1. The lowest BCUT2D eigenvalue weighted by atomic mass is 9.89. The van der Waals surface area contributed by atoms with Crippen LogP contribution in [0.3, 0.4) is 0 Å². The second kappa shape index (κ2) is 38.4. The summed E-state index contributed by atoms with van der Waals surface area (Å²) < 4.78 is 93.0. The molecule has 38 heteroatoms. The number of rotatable bonds is 18. The molecule has 9 aromatic carbocycles. The molecular formula is C100H69F5N10O23. The number of phenolic OH excluding ortho intramolecular Hbond substituents is 4. The van der Waals surface area contributed by atoms with Gasteiger partial charge in [-0.25, -0.2) is 26.7 Å². The van der Waals surface area contributed by atoms with E-state index in [1.54, 1.807) is 50.2 Å². The topological polar surface area (TPSA) is 455 Å². The molecule has 33 nitrogen and oxygen atoms in total. The van der Waals surface area contributed by atoms with Crippen molar-refractivity contribution in [3.8, 4) is 57.8 Å². The van der Waals surface area contributed by atoms with E-state index in [1.165, 1.54) is 190 Å². The van der Waals surface area contributed by atoms with E-state index in [0.717, 1.165) is 24.2 Å². The number of halogens is 5. The summed E-state index contributed by atoms with van der Waals surface area (Å²) in [6.45, 7) is 6.51. The monoisotopic (exact) mass is 1870 g/mol. The average Bonchev–Trinajstić information content (AvgIpc) is 1.60. The number of ketones is 2. The molecule has 15 aromatic rings. The van der Waals surface area contributed by atoms with E-state index in [4.69, 9.17) is 23.7 Å². The smallest absolute Gasteiger partial charge is 0.505 e. The van der Waals surface area contributed by atoms with Gasteiger partial charge in [-0.1, -0.05) is 80.2 Å². The van der Waals surface area contributed by atoms with Crippen molar-refractivity contribution >= 4 is 115 Å². The number of pyridine rings is 5. The van der Waals surface area contributed by atoms with Crippen molar-refractivity contribution in [1.29, 1.82) is 0 Å². The van der Waals surface area contributed by atoms with Gasteiger partial charge in [-0.3, -0.25) is 102 Å². The molecular weight excluding hydrogens is 1800 g/mol. The van der Waals surface area contributed by atoms with Crippen molar-refractivity contribution in [3.63, 3.8) is 0 Å². The van der Waals surface area contributed by atoms with Gasteiger partial charge in [0.15, 0.2) is 34.5 Å². The van der Waals surface area contributed by atoms with Crippen molar-refractivity contribution in [2.75, 3.05) is 20.3 Å². The van der Waals surface area contributed by atoms with Gasteiger partial charge in [0, 0.05) is 58.9 Å². The minimum absolute atomic E-state index is 0.000306. The molecule has 0 fully saturated rings. The highest BCUT2D eigenvalue weighted by atomic mass is 19.1. The molecule has 0 bridgehead atoms. The number of ether oxygens (including phenoxy) is 5. The SMILES string of the molecule is C=CCOc1c2c(c(O)c3ncccc13)C(=O)N(Cc1ccc(F)cc1)C2=O.CCC(=O)Oc1c2c(c(O)c3ncccc13)C(=O)N(Cc1ccc(F)cc1)C2=O.CCOC(=O)Oc1c2c(c(O)c3ncccc13)C(=O)N(Cc1ccc(F)cc1)C2=O.COc1c2c(c(O)c3ncccc13)C(=O)N(Cc1ccc(F)cc1)C2=O.O=C1c2cccnc2C(=O)c2c1c(O)n(Cc1ccc(F)cc1)c2O. The Morgan fingerprint density at radius 2 is 0.645 bits per heavy atom. The summed E-state index contributed by atoms with van der Waals surface area (Å²) in [4.78, 5) is 177. The number of imide groups is 4. The first-order valence-corrected chi connectivity index (χ1v) is 41.6. The van der Waals surface area contributed by atoms with Crippen LogP contribution in [0, 0.1) is 29.1 Å². The predicted octanol–water partition coefficient (Wildman–Crippen LogP) is 15.2. The number of carbonyl (C=O) groups is 12. The van der Waals surface area contributed by atoms with Crippen molar-refractivity contribution in [2.45, 2.75) is 53.0 Å². The normalized spacial score (nSPS) is 13.1. The Morgan fingerprint density at radius 1 is 0.355 bits per heavy atom. The summed E-state index contributed by atoms with van der Waals surface area (Å²) in [5.74, 6) is -12.1. The fourth-order valence-corrected chi connectivity index (χ4v) is 15.9. The third kappa shape index (κ3) is 17.1. The number of benzene rings is 9. The number of fused-ring (bicyclic) bond motifs is 10. The Bertz CT molecular complexity index is 7620. The molecule has 0 atom stereocenters. The van der Waals surface area contributed by atoms with Gasteiger partial charge in [0.05, 0.1) is 68.7 Å². The summed E-state index contributed by atoms with van der Waals surface area (Å²) in [5.41, 5.74) is 1.40. The molecule has 0 saturated heterocycles. The van der Waals surface area contributed by atoms with Crippen molar-refractivity contribution in [2.24, 2.45) is 0 Å². The Balaban J connectivity index is 0.000000125. The van der Waals surface area contributed by atoms with E-state index in [-0.39, 0.29) is 187 Å². The number of aromatic hydroxyl groups is 6. The lowest BCUT2D eigenvalue weighted by Gasteiger charge is -2.14. The average molecular weight is 1870 g/mol. The third-order valence-corrected chi connectivity index (χ3v) is 22.3. The maximum absolute atomic E-state index is 13.2. The molecule has 138 heavy (non-hydrogen) atoms. The molecule has 0 unspecified atom stereocenters. The van der Waals surface area contributed by atoms with E-state index in [9.17, 15) is 110 Å². The molecule has 8 amide bonds. The molecule has 0 saturated carbocycles. The minimum atomic E-state index is -1.06. The molecule has 6 N–H and O–H groups in total. The fourth-order valence-electron chi connectivity index (χ4n) is 15.9. The van der Waals surface area contributed by atoms with Crippen LogP contribution in [0.2, 0.25) is 0 Å². The minimum Gasteiger partial charge on any atom is -0.505 e. The fraction of sp³-hybridized carbons (Fsp3) is 0.110. The molecule has 6 aromatic heterocycles. The van der Waals surface area contributed by atoms with E-state index in [1.807, 2.05) is 0 Å². The van der Waals surface area contributed by atoms with E-state index >= 15 is 0 Å². The molecule has 4 aliphatic heterocycles. The van der Waals surface area contributed by atoms with Crippen molar-refractivity contribution in [3.05, 3.63) is 349 Å². The molecule has 20 rings (SSSR count). The Morgan fingerprint density at radius 3 is 0.978 bits per heavy atom. The number of aromatic nitrogens is 6. The summed E-state index contributed by atoms with van der Waals surface area (Å²) in [5, 5.41) is 64.6. The maximum Gasteiger partial charge on any atom is 0.513 e. The molecule has 692 valence electrons. The molecule has 1 aliphatic carbocycles. The van der Waals surface area contributed by atoms with Crippen LogP contribution in [0.15, 0.2) is 226 Å². The quantitative estimate of drug-likeness (QED) is 0.0116. The number of methoxy groups -OCH3 is 1. The lowest BCUT2D eigenvalue weighted by molar-refractivity contribution is -0.134. The van der Waals surface area contributed by atoms with Gasteiger partial charge < -0.3 is 54.3 Å². The van der Waals surface area contributed by atoms with E-state index < -0.39 is 123 Å². The van der Waals surface area contributed by atoms with Crippen molar-refractivity contribution in [1.82, 2.24) is 49.1 Å². The van der Waals surface area contributed by atoms with E-state index in [0.29, 0.717) is 38.6 Å². The molecule has 5 aliphatic rings. The first-order chi connectivity index (χ1) is 66.4. The summed E-state index contributed by atoms with van der Waals surface area (Å²) in [7, 11) is 1.39. The zero-order valence-electron chi connectivity index (χ0n) is 72.1. The summed E-state index contributed by atoms with van der Waals surface area (Å²) in [6, 6.07) is 42.7. The van der Waals surface area contributed by atoms with Gasteiger partial charge in [0.1, 0.15) is 114 Å². The van der Waals surface area contributed by atoms with Crippen LogP contribution in [0.5, 0.6) is 57.8 Å². The van der Waals surface area contributed by atoms with Gasteiger partial charge in [-0.2, -0.15) is 0 Å². The van der Waals surface area contributed by atoms with Crippen LogP contribution in [0.1, 0.15) is 163 Å². The lowest BCUT2D eigenvalue weighted by Crippen LogP contribution is -2.29. The largest absolute Gasteiger partial charge is 0.513 e. The molecule has 0 spiro atoms. The number of hydrogen-bond donors (Lipinski definition) is 6. The molecule has 0 radical (unpaired) electrons. The van der Waals surface area contributed by atoms with Gasteiger partial charge in [-0.15, -0.1) is 0 Å². The van der Waals surface area contributed by atoms with Crippen LogP contribution in [-0.2, 0) is 42.3 Å². The third-order valence-electron chi connectivity index (χ3n) is 22.3. The van der Waals surface area contributed by atoms with Gasteiger partial charge in [-0.05, 0) is 156 Å². The van der Waals surface area contributed by atoms with Gasteiger partial charge in [0.2, 0.25) is 23.3 Å². The maximum atomic E-state index is 13.2. The number of amides is 8. The number of esters is 1. The highest BCUT2D eigenvalue weighted by Gasteiger charge is 2.48. The second-order valence-corrected chi connectivity index (χ2v) is 30.7. The second-order valence-electron chi connectivity index (χ2n) is 30.7. The van der Waals surface area contributed by atoms with Crippen molar-refractivity contribution < 1.29 is 134 Å². The predicted molar refractivity (Wildman–Crippen MR) is 476 cm³/mol. The van der Waals surface area contributed by atoms with Crippen LogP contribution < -0.4 is 18.9 Å². The number of hydrogen-bond acceptors (Lipinski definition) is 28. The van der Waals surface area contributed by atoms with Crippen LogP contribution >= 0.6 is 0 Å². The number of phenols is 4. The summed E-state index contributed by atoms with van der Waals surface area (Å²) >= 11 is 0. The Hall–Kier alpha value is -18.5. The molecule has 10 heterocycles. The Kier molecular flexibility index (Phi) is 25.8. The number of carbonyl (C=O) groups excluding carboxylic acids is 12. The van der Waals surface area contributed by atoms with Gasteiger partial charge >= 0.3 is 12.1 Å². The van der Waals surface area contributed by atoms with E-state index in [2.05, 4.69) is 31.5 Å². The van der Waals surface area contributed by atoms with Crippen LogP contribution in [0.4, 0.5) is 26.7 Å². The zero-order chi connectivity index (χ0) is 98.1. The Labute approximate surface area is 774 Å². The first-order valence-electron chi connectivity index (χ1n) is 41.6. The standard InChI is InChI=1S/C21H15FN2O6.C21H15FN2O5.C21H15FN2O4.C19H13FN2O4.C18H11FN2O4/c1-2-29-21(28)30-18-13-4-3-9-23-16(13)17(25)14-15(18)20(27)24(19(14)26)10-11-5-7-12(22)8-6-11;1-2-14(25)29-19-13-4-3-9-23-17(13)18(26)15-16(19)21(28)24(20(15)27)10-11-5-7-12(22)8-6-11;1-2-10-28-19-14-4-3-9-23-17(14)18(25)15-16(19)21(27)24(20(15)26)11-12-5-7-13(22)8-6-12;1-26-17-12-3-2-8-21-15(12)16(23)13-14(17)19(25)22(18(13)24)9-10-4-6-11(20)7-5-10;19-10-5-3-9(4-6-10)8-21-17(24)12-13(18(21)25)16(23)14-11(15(12)22)2-1-7-20-14/h3-9,25H,2,10H2,1H3;3-9,26H,2,10H2,1H3;2-9,25H,1,10-11H2;2-8,23H,9H2,1H3;1-7,24-25H,8H2. The van der Waals surface area contributed by atoms with Crippen LogP contribution in [-0.4, -0.2) is 171 Å². The summed E-state index contributed by atoms with van der Waals surface area (Å²) in [6.07, 6.45) is 7.64. The van der Waals surface area contributed by atoms with Crippen LogP contribution in [0.25, 0.3) is 43.6 Å². The first kappa shape index (κ1) is 92.7. The number of nitrogens with zero attached hydrogens (tertiary/aromatic N) is 10. The highest BCUT2D eigenvalue weighted by molar-refractivity contribution is 6.32. The highest BCUT2D eigenvalue weighted by Crippen LogP contribution is 2.50. The van der Waals surface area contributed by atoms with Gasteiger partial charge in [0.25, 0.3) is 47.3 Å².